The van der Waals surface area contributed by atoms with Gasteiger partial charge in [0.2, 0.25) is 0 Å². The topological polar surface area (TPSA) is 66.0 Å². The summed E-state index contributed by atoms with van der Waals surface area (Å²) in [4.78, 5) is 15.8. The number of halogens is 1. The van der Waals surface area contributed by atoms with Crippen LogP contribution in [0.2, 0.25) is 5.02 Å². The molecular formula is C16H19ClN4O. The Morgan fingerprint density at radius 2 is 1.91 bits per heavy atom. The van der Waals surface area contributed by atoms with E-state index in [0.29, 0.717) is 16.5 Å². The highest BCUT2D eigenvalue weighted by Crippen LogP contribution is 2.22. The van der Waals surface area contributed by atoms with Crippen LogP contribution < -0.4 is 16.0 Å². The Kier molecular flexibility index (Phi) is 5.22. The molecule has 0 fully saturated rings. The zero-order chi connectivity index (χ0) is 16.1. The molecule has 2 aromatic rings. The predicted molar refractivity (Wildman–Crippen MR) is 91.0 cm³/mol. The molecule has 0 aliphatic carbocycles. The van der Waals surface area contributed by atoms with Crippen molar-refractivity contribution in [2.75, 3.05) is 10.6 Å². The third kappa shape index (κ3) is 4.63. The van der Waals surface area contributed by atoms with Crippen LogP contribution in [0.5, 0.6) is 0 Å². The molecule has 1 aromatic heterocycles. The molecule has 0 bridgehead atoms. The molecule has 0 aliphatic heterocycles. The van der Waals surface area contributed by atoms with Gasteiger partial charge in [0.05, 0.1) is 11.9 Å². The van der Waals surface area contributed by atoms with Crippen molar-refractivity contribution < 1.29 is 4.79 Å². The summed E-state index contributed by atoms with van der Waals surface area (Å²) in [5.74, 6) is 0.676. The van der Waals surface area contributed by atoms with E-state index in [9.17, 15) is 4.79 Å². The molecule has 3 N–H and O–H groups in total. The van der Waals surface area contributed by atoms with Gasteiger partial charge in [0.1, 0.15) is 5.82 Å². The molecule has 0 spiro atoms. The van der Waals surface area contributed by atoms with E-state index >= 15 is 0 Å². The lowest BCUT2D eigenvalue weighted by Crippen LogP contribution is -2.34. The second-order valence-electron chi connectivity index (χ2n) is 5.27. The number of urea groups is 1. The van der Waals surface area contributed by atoms with Crippen LogP contribution in [-0.2, 0) is 0 Å². The maximum Gasteiger partial charge on any atom is 0.319 e. The number of hydrogen-bond donors (Lipinski definition) is 3. The fraction of sp³-hybridized carbons (Fsp3) is 0.250. The first-order chi connectivity index (χ1) is 10.4. The monoisotopic (exact) mass is 318 g/mol. The summed E-state index contributed by atoms with van der Waals surface area (Å²) in [6.07, 6.45) is 1.60. The van der Waals surface area contributed by atoms with Crippen LogP contribution in [-0.4, -0.2) is 17.1 Å². The number of amides is 2. The summed E-state index contributed by atoms with van der Waals surface area (Å²) < 4.78 is 0. The molecule has 0 aliphatic rings. The first-order valence-electron chi connectivity index (χ1n) is 7.01. The minimum atomic E-state index is -0.247. The molecule has 1 heterocycles. The number of aromatic nitrogens is 1. The van der Waals surface area contributed by atoms with Gasteiger partial charge in [-0.2, -0.15) is 0 Å². The van der Waals surface area contributed by atoms with Gasteiger partial charge in [-0.25, -0.2) is 9.78 Å². The lowest BCUT2D eigenvalue weighted by molar-refractivity contribution is 0.250. The maximum atomic E-state index is 11.6. The van der Waals surface area contributed by atoms with Crippen LogP contribution in [0.1, 0.15) is 19.4 Å². The number of carbonyl (C=O) groups excluding carboxylic acids is 1. The number of nitrogens with zero attached hydrogens (tertiary/aromatic N) is 1. The van der Waals surface area contributed by atoms with Gasteiger partial charge < -0.3 is 16.0 Å². The van der Waals surface area contributed by atoms with Gasteiger partial charge in [-0.15, -0.1) is 0 Å². The van der Waals surface area contributed by atoms with Crippen LogP contribution in [0, 0.1) is 6.92 Å². The molecule has 22 heavy (non-hydrogen) atoms. The Morgan fingerprint density at radius 3 is 2.50 bits per heavy atom. The number of nitrogens with one attached hydrogen (secondary N) is 3. The van der Waals surface area contributed by atoms with E-state index in [2.05, 4.69) is 20.9 Å². The normalized spacial score (nSPS) is 10.4. The van der Waals surface area contributed by atoms with E-state index in [-0.39, 0.29) is 12.1 Å². The van der Waals surface area contributed by atoms with Gasteiger partial charge >= 0.3 is 6.03 Å². The Morgan fingerprint density at radius 1 is 1.18 bits per heavy atom. The highest BCUT2D eigenvalue weighted by Gasteiger charge is 2.04. The molecule has 116 valence electrons. The lowest BCUT2D eigenvalue weighted by atomic mass is 10.2. The van der Waals surface area contributed by atoms with Crippen LogP contribution >= 0.6 is 11.6 Å². The molecular weight excluding hydrogens is 300 g/mol. The third-order valence-corrected chi connectivity index (χ3v) is 3.29. The Balaban J connectivity index is 1.99. The number of pyridine rings is 1. The summed E-state index contributed by atoms with van der Waals surface area (Å²) in [6.45, 7) is 5.75. The van der Waals surface area contributed by atoms with Gasteiger partial charge in [0.15, 0.2) is 0 Å². The molecule has 5 nitrogen and oxygen atoms in total. The molecule has 2 rings (SSSR count). The minimum absolute atomic E-state index is 0.0835. The Hall–Kier alpha value is -2.27. The molecule has 2 amide bonds. The number of anilines is 3. The van der Waals surface area contributed by atoms with Crippen molar-refractivity contribution in [1.82, 2.24) is 10.3 Å². The molecule has 0 unspecified atom stereocenters. The second kappa shape index (κ2) is 7.13. The average Bonchev–Trinajstić information content (AvgIpc) is 2.44. The number of aryl methyl sites for hydroxylation is 1. The van der Waals surface area contributed by atoms with Crippen molar-refractivity contribution in [1.29, 1.82) is 0 Å². The van der Waals surface area contributed by atoms with Crippen LogP contribution in [0.25, 0.3) is 0 Å². The second-order valence-corrected chi connectivity index (χ2v) is 5.68. The van der Waals surface area contributed by atoms with E-state index in [1.165, 1.54) is 0 Å². The number of hydrogen-bond acceptors (Lipinski definition) is 3. The van der Waals surface area contributed by atoms with Crippen molar-refractivity contribution in [3.8, 4) is 0 Å². The summed E-state index contributed by atoms with van der Waals surface area (Å²) in [5, 5.41) is 9.33. The number of rotatable bonds is 4. The van der Waals surface area contributed by atoms with Crippen molar-refractivity contribution in [2.24, 2.45) is 0 Å². The highest BCUT2D eigenvalue weighted by atomic mass is 35.5. The fourth-order valence-corrected chi connectivity index (χ4v) is 1.97. The first-order valence-corrected chi connectivity index (χ1v) is 7.38. The van der Waals surface area contributed by atoms with Gasteiger partial charge in [0.25, 0.3) is 0 Å². The smallest absolute Gasteiger partial charge is 0.319 e. The van der Waals surface area contributed by atoms with Crippen LogP contribution in [0.4, 0.5) is 22.0 Å². The SMILES string of the molecule is Cc1ccc(Nc2ccc(NC(=O)NC(C)C)cn2)cc1Cl. The fourth-order valence-electron chi connectivity index (χ4n) is 1.79. The molecule has 0 saturated heterocycles. The van der Waals surface area contributed by atoms with Gasteiger partial charge in [0, 0.05) is 16.8 Å². The van der Waals surface area contributed by atoms with E-state index < -0.39 is 0 Å². The predicted octanol–water partition coefficient (Wildman–Crippen LogP) is 4.32. The van der Waals surface area contributed by atoms with Crippen LogP contribution in [0.15, 0.2) is 36.5 Å². The van der Waals surface area contributed by atoms with Gasteiger partial charge in [-0.3, -0.25) is 0 Å². The molecule has 0 saturated carbocycles. The van der Waals surface area contributed by atoms with E-state index in [1.807, 2.05) is 39.0 Å². The van der Waals surface area contributed by atoms with E-state index in [4.69, 9.17) is 11.6 Å². The summed E-state index contributed by atoms with van der Waals surface area (Å²) in [7, 11) is 0. The zero-order valence-electron chi connectivity index (χ0n) is 12.8. The summed E-state index contributed by atoms with van der Waals surface area (Å²) >= 11 is 6.09. The molecule has 0 atom stereocenters. The zero-order valence-corrected chi connectivity index (χ0v) is 13.5. The maximum absolute atomic E-state index is 11.6. The first kappa shape index (κ1) is 16.1. The molecule has 0 radical (unpaired) electrons. The quantitative estimate of drug-likeness (QED) is 0.786. The third-order valence-electron chi connectivity index (χ3n) is 2.89. The molecule has 1 aromatic carbocycles. The average molecular weight is 319 g/mol. The van der Waals surface area contributed by atoms with Crippen molar-refractivity contribution in [3.63, 3.8) is 0 Å². The Bertz CT molecular complexity index is 656. The van der Waals surface area contributed by atoms with E-state index in [0.717, 1.165) is 11.3 Å². The van der Waals surface area contributed by atoms with E-state index in [1.54, 1.807) is 18.3 Å². The highest BCUT2D eigenvalue weighted by molar-refractivity contribution is 6.31. The number of carbonyl (C=O) groups is 1. The number of benzene rings is 1. The lowest BCUT2D eigenvalue weighted by Gasteiger charge is -2.11. The molecule has 6 heteroatoms. The summed E-state index contributed by atoms with van der Waals surface area (Å²) in [5.41, 5.74) is 2.52. The Labute approximate surface area is 135 Å². The summed E-state index contributed by atoms with van der Waals surface area (Å²) in [6, 6.07) is 9.13. The van der Waals surface area contributed by atoms with Crippen molar-refractivity contribution in [3.05, 3.63) is 47.1 Å². The van der Waals surface area contributed by atoms with Crippen molar-refractivity contribution >= 4 is 34.8 Å². The standard InChI is InChI=1S/C16H19ClN4O/c1-10(2)19-16(22)21-13-6-7-15(18-9-13)20-12-5-4-11(3)14(17)8-12/h4-10H,1-3H3,(H,18,20)(H2,19,21,22). The largest absolute Gasteiger partial charge is 0.340 e. The van der Waals surface area contributed by atoms with Gasteiger partial charge in [-0.05, 0) is 50.6 Å². The van der Waals surface area contributed by atoms with Crippen LogP contribution in [0.3, 0.4) is 0 Å². The minimum Gasteiger partial charge on any atom is -0.340 e. The van der Waals surface area contributed by atoms with Gasteiger partial charge in [-0.1, -0.05) is 17.7 Å². The van der Waals surface area contributed by atoms with Crippen molar-refractivity contribution in [2.45, 2.75) is 26.8 Å².